The van der Waals surface area contributed by atoms with Gasteiger partial charge in [-0.1, -0.05) is 30.3 Å². The van der Waals surface area contributed by atoms with Gasteiger partial charge in [-0.2, -0.15) is 0 Å². The summed E-state index contributed by atoms with van der Waals surface area (Å²) in [6.07, 6.45) is -1.27. The molecule has 0 fully saturated rings. The number of nitrogen functional groups attached to an aromatic ring is 1. The minimum Gasteiger partial charge on any atom is -0.398 e. The van der Waals surface area contributed by atoms with E-state index in [1.165, 1.54) is 12.1 Å². The Hall–Kier alpha value is -1.94. The van der Waals surface area contributed by atoms with Crippen LogP contribution in [0.25, 0.3) is 0 Å². The molecule has 1 atom stereocenters. The minimum absolute atomic E-state index is 0.122. The van der Waals surface area contributed by atoms with Crippen molar-refractivity contribution >= 4 is 5.69 Å². The number of anilines is 1. The van der Waals surface area contributed by atoms with E-state index in [2.05, 4.69) is 0 Å². The molecule has 0 spiro atoms. The zero-order chi connectivity index (χ0) is 12.4. The average Bonchev–Trinajstić information content (AvgIpc) is 2.32. The van der Waals surface area contributed by atoms with Crippen LogP contribution in [-0.2, 0) is 0 Å². The summed E-state index contributed by atoms with van der Waals surface area (Å²) in [4.78, 5) is 0. The van der Waals surface area contributed by atoms with E-state index < -0.39 is 17.7 Å². The van der Waals surface area contributed by atoms with Crippen LogP contribution in [0.5, 0.6) is 0 Å². The van der Waals surface area contributed by atoms with Crippen molar-refractivity contribution in [2.24, 2.45) is 0 Å². The van der Waals surface area contributed by atoms with Gasteiger partial charge in [0.1, 0.15) is 6.10 Å². The van der Waals surface area contributed by atoms with Crippen molar-refractivity contribution in [2.75, 3.05) is 5.73 Å². The fraction of sp³-hybridized carbons (Fsp3) is 0.0769. The molecule has 1 unspecified atom stereocenters. The third-order valence-electron chi connectivity index (χ3n) is 2.57. The van der Waals surface area contributed by atoms with Crippen LogP contribution in [0.4, 0.5) is 14.5 Å². The smallest absolute Gasteiger partial charge is 0.164 e. The molecule has 0 aliphatic heterocycles. The number of para-hydroxylation sites is 1. The van der Waals surface area contributed by atoms with Crippen LogP contribution in [0.1, 0.15) is 17.2 Å². The molecule has 0 aliphatic rings. The van der Waals surface area contributed by atoms with Crippen LogP contribution in [-0.4, -0.2) is 5.11 Å². The second kappa shape index (κ2) is 4.51. The highest BCUT2D eigenvalue weighted by Gasteiger charge is 2.18. The SMILES string of the molecule is Nc1ccccc1C(O)c1cccc(F)c1F. The van der Waals surface area contributed by atoms with Crippen molar-refractivity contribution in [3.05, 3.63) is 65.2 Å². The minimum atomic E-state index is -1.27. The zero-order valence-electron chi connectivity index (χ0n) is 8.90. The number of nitrogens with two attached hydrogens (primary N) is 1. The largest absolute Gasteiger partial charge is 0.398 e. The van der Waals surface area contributed by atoms with E-state index >= 15 is 0 Å². The summed E-state index contributed by atoms with van der Waals surface area (Å²) >= 11 is 0. The zero-order valence-corrected chi connectivity index (χ0v) is 8.90. The first kappa shape index (κ1) is 11.5. The molecule has 0 bridgehead atoms. The van der Waals surface area contributed by atoms with Crippen molar-refractivity contribution < 1.29 is 13.9 Å². The van der Waals surface area contributed by atoms with Gasteiger partial charge in [0, 0.05) is 16.8 Å². The lowest BCUT2D eigenvalue weighted by Crippen LogP contribution is -2.06. The summed E-state index contributed by atoms with van der Waals surface area (Å²) in [6, 6.07) is 10.2. The molecule has 0 saturated heterocycles. The molecule has 2 rings (SSSR count). The summed E-state index contributed by atoms with van der Waals surface area (Å²) < 4.78 is 26.5. The topological polar surface area (TPSA) is 46.2 Å². The highest BCUT2D eigenvalue weighted by atomic mass is 19.2. The summed E-state index contributed by atoms with van der Waals surface area (Å²) in [5.74, 6) is -2.04. The van der Waals surface area contributed by atoms with Gasteiger partial charge in [0.05, 0.1) is 0 Å². The van der Waals surface area contributed by atoms with Crippen LogP contribution in [0.15, 0.2) is 42.5 Å². The Kier molecular flexibility index (Phi) is 3.06. The van der Waals surface area contributed by atoms with Gasteiger partial charge < -0.3 is 10.8 Å². The van der Waals surface area contributed by atoms with E-state index in [9.17, 15) is 13.9 Å². The van der Waals surface area contributed by atoms with Gasteiger partial charge in [-0.25, -0.2) is 8.78 Å². The van der Waals surface area contributed by atoms with Gasteiger partial charge in [-0.15, -0.1) is 0 Å². The first-order valence-electron chi connectivity index (χ1n) is 5.07. The molecule has 0 aliphatic carbocycles. The normalized spacial score (nSPS) is 12.4. The second-order valence-electron chi connectivity index (χ2n) is 3.67. The molecule has 4 heteroatoms. The molecule has 88 valence electrons. The highest BCUT2D eigenvalue weighted by Crippen LogP contribution is 2.28. The first-order valence-corrected chi connectivity index (χ1v) is 5.07. The van der Waals surface area contributed by atoms with Gasteiger partial charge in [0.25, 0.3) is 0 Å². The van der Waals surface area contributed by atoms with Crippen LogP contribution in [0, 0.1) is 11.6 Å². The van der Waals surface area contributed by atoms with Gasteiger partial charge in [-0.3, -0.25) is 0 Å². The molecule has 0 amide bonds. The van der Waals surface area contributed by atoms with Crippen LogP contribution >= 0.6 is 0 Å². The van der Waals surface area contributed by atoms with Crippen molar-refractivity contribution in [3.63, 3.8) is 0 Å². The number of hydrogen-bond donors (Lipinski definition) is 2. The van der Waals surface area contributed by atoms with E-state index in [0.717, 1.165) is 6.07 Å². The fourth-order valence-electron chi connectivity index (χ4n) is 1.66. The molecular weight excluding hydrogens is 224 g/mol. The van der Waals surface area contributed by atoms with Gasteiger partial charge in [0.2, 0.25) is 0 Å². The van der Waals surface area contributed by atoms with Gasteiger partial charge >= 0.3 is 0 Å². The molecule has 2 aromatic carbocycles. The number of benzene rings is 2. The number of aliphatic hydroxyl groups is 1. The highest BCUT2D eigenvalue weighted by molar-refractivity contribution is 5.50. The molecule has 2 aromatic rings. The number of halogens is 2. The Labute approximate surface area is 97.3 Å². The molecule has 0 heterocycles. The summed E-state index contributed by atoms with van der Waals surface area (Å²) in [7, 11) is 0. The summed E-state index contributed by atoms with van der Waals surface area (Å²) in [5.41, 5.74) is 6.24. The van der Waals surface area contributed by atoms with E-state index in [1.54, 1.807) is 24.3 Å². The molecule has 0 saturated carbocycles. The lowest BCUT2D eigenvalue weighted by Gasteiger charge is -2.14. The van der Waals surface area contributed by atoms with E-state index in [1.807, 2.05) is 0 Å². The molecule has 2 nitrogen and oxygen atoms in total. The van der Waals surface area contributed by atoms with E-state index in [4.69, 9.17) is 5.73 Å². The molecule has 0 aromatic heterocycles. The predicted octanol–water partition coefficient (Wildman–Crippen LogP) is 2.63. The Morgan fingerprint density at radius 1 is 0.941 bits per heavy atom. The quantitative estimate of drug-likeness (QED) is 0.786. The third-order valence-corrected chi connectivity index (χ3v) is 2.57. The standard InChI is InChI=1S/C13H11F2NO/c14-10-6-3-5-9(12(10)15)13(17)8-4-1-2-7-11(8)16/h1-7,13,17H,16H2. The Morgan fingerprint density at radius 2 is 1.59 bits per heavy atom. The van der Waals surface area contributed by atoms with Crippen molar-refractivity contribution in [2.45, 2.75) is 6.10 Å². The second-order valence-corrected chi connectivity index (χ2v) is 3.67. The van der Waals surface area contributed by atoms with Crippen molar-refractivity contribution in [1.29, 1.82) is 0 Å². The van der Waals surface area contributed by atoms with Crippen LogP contribution < -0.4 is 5.73 Å². The molecule has 17 heavy (non-hydrogen) atoms. The van der Waals surface area contributed by atoms with Crippen molar-refractivity contribution in [1.82, 2.24) is 0 Å². The van der Waals surface area contributed by atoms with Gasteiger partial charge in [0.15, 0.2) is 11.6 Å². The van der Waals surface area contributed by atoms with E-state index in [-0.39, 0.29) is 5.56 Å². The predicted molar refractivity (Wildman–Crippen MR) is 61.3 cm³/mol. The molecular formula is C13H11F2NO. The maximum atomic E-state index is 13.5. The van der Waals surface area contributed by atoms with Crippen molar-refractivity contribution in [3.8, 4) is 0 Å². The fourth-order valence-corrected chi connectivity index (χ4v) is 1.66. The number of rotatable bonds is 2. The number of aliphatic hydroxyl groups excluding tert-OH is 1. The summed E-state index contributed by atoms with van der Waals surface area (Å²) in [5, 5.41) is 9.99. The average molecular weight is 235 g/mol. The van der Waals surface area contributed by atoms with Crippen LogP contribution in [0.3, 0.4) is 0 Å². The summed E-state index contributed by atoms with van der Waals surface area (Å²) in [6.45, 7) is 0. The van der Waals surface area contributed by atoms with Gasteiger partial charge in [-0.05, 0) is 12.1 Å². The Morgan fingerprint density at radius 3 is 2.29 bits per heavy atom. The lowest BCUT2D eigenvalue weighted by atomic mass is 9.99. The van der Waals surface area contributed by atoms with Crippen LogP contribution in [0.2, 0.25) is 0 Å². The maximum Gasteiger partial charge on any atom is 0.164 e. The lowest BCUT2D eigenvalue weighted by molar-refractivity contribution is 0.214. The molecule has 3 N–H and O–H groups in total. The maximum absolute atomic E-state index is 13.5. The third kappa shape index (κ3) is 2.12. The number of hydrogen-bond acceptors (Lipinski definition) is 2. The van der Waals surface area contributed by atoms with E-state index in [0.29, 0.717) is 11.3 Å². The first-order chi connectivity index (χ1) is 8.11. The molecule has 0 radical (unpaired) electrons. The Bertz CT molecular complexity index is 543. The monoisotopic (exact) mass is 235 g/mol. The Balaban J connectivity index is 2.48.